The van der Waals surface area contributed by atoms with E-state index in [4.69, 9.17) is 10.00 Å². The van der Waals surface area contributed by atoms with Gasteiger partial charge in [-0.1, -0.05) is 6.07 Å². The van der Waals surface area contributed by atoms with Crippen molar-refractivity contribution >= 4 is 0 Å². The van der Waals surface area contributed by atoms with E-state index < -0.39 is 5.82 Å². The normalized spacial score (nSPS) is 21.4. The highest BCUT2D eigenvalue weighted by molar-refractivity contribution is 5.34. The van der Waals surface area contributed by atoms with Gasteiger partial charge in [0.15, 0.2) is 0 Å². The summed E-state index contributed by atoms with van der Waals surface area (Å²) >= 11 is 0. The Balaban J connectivity index is 2.16. The summed E-state index contributed by atoms with van der Waals surface area (Å²) in [4.78, 5) is 2.29. The summed E-state index contributed by atoms with van der Waals surface area (Å²) in [6.45, 7) is 10.6. The fourth-order valence-corrected chi connectivity index (χ4v) is 3.07. The Morgan fingerprint density at radius 1 is 1.25 bits per heavy atom. The number of halogens is 1. The summed E-state index contributed by atoms with van der Waals surface area (Å²) in [5.41, 5.74) is 0.644. The zero-order valence-electron chi connectivity index (χ0n) is 12.5. The van der Waals surface area contributed by atoms with Crippen LogP contribution in [0.25, 0.3) is 0 Å². The molecule has 0 bridgehead atoms. The van der Waals surface area contributed by atoms with Crippen LogP contribution in [0.3, 0.4) is 0 Å². The predicted octanol–water partition coefficient (Wildman–Crippen LogP) is 3.09. The van der Waals surface area contributed by atoms with Gasteiger partial charge in [-0.2, -0.15) is 5.26 Å². The van der Waals surface area contributed by atoms with Crippen molar-refractivity contribution in [1.29, 1.82) is 5.26 Å². The van der Waals surface area contributed by atoms with Gasteiger partial charge in [0.05, 0.1) is 16.8 Å². The third-order valence-corrected chi connectivity index (χ3v) is 3.32. The van der Waals surface area contributed by atoms with Crippen molar-refractivity contribution in [1.82, 2.24) is 4.90 Å². The maximum absolute atomic E-state index is 13.3. The Bertz CT molecular complexity index is 530. The first-order valence-corrected chi connectivity index (χ1v) is 6.82. The fourth-order valence-electron chi connectivity index (χ4n) is 3.07. The SMILES string of the molecule is CC1(C)CN(Cc2ccc(F)c(C#N)c2)CC(C)(C)O1. The number of benzene rings is 1. The van der Waals surface area contributed by atoms with Gasteiger partial charge >= 0.3 is 0 Å². The van der Waals surface area contributed by atoms with Crippen LogP contribution < -0.4 is 0 Å². The first kappa shape index (κ1) is 15.0. The van der Waals surface area contributed by atoms with Gasteiger partial charge in [0.2, 0.25) is 0 Å². The topological polar surface area (TPSA) is 36.3 Å². The van der Waals surface area contributed by atoms with E-state index in [9.17, 15) is 4.39 Å². The van der Waals surface area contributed by atoms with Crippen LogP contribution in [0.2, 0.25) is 0 Å². The highest BCUT2D eigenvalue weighted by Gasteiger charge is 2.37. The molecule has 1 saturated heterocycles. The summed E-state index contributed by atoms with van der Waals surface area (Å²) in [7, 11) is 0. The standard InChI is InChI=1S/C16H21FN2O/c1-15(2)10-19(11-16(3,4)20-15)9-12-5-6-14(17)13(7-12)8-18/h5-7H,9-11H2,1-4H3. The van der Waals surface area contributed by atoms with E-state index in [1.807, 2.05) is 6.07 Å². The Labute approximate surface area is 120 Å². The van der Waals surface area contributed by atoms with E-state index in [1.54, 1.807) is 12.1 Å². The first-order chi connectivity index (χ1) is 9.21. The molecular weight excluding hydrogens is 255 g/mol. The average Bonchev–Trinajstić information content (AvgIpc) is 2.27. The molecule has 1 aliphatic heterocycles. The molecular formula is C16H21FN2O. The lowest BCUT2D eigenvalue weighted by Crippen LogP contribution is -2.56. The van der Waals surface area contributed by atoms with Crippen molar-refractivity contribution in [2.75, 3.05) is 13.1 Å². The third-order valence-electron chi connectivity index (χ3n) is 3.32. The van der Waals surface area contributed by atoms with Gasteiger partial charge in [-0.05, 0) is 45.4 Å². The number of ether oxygens (including phenoxy) is 1. The van der Waals surface area contributed by atoms with E-state index in [0.29, 0.717) is 6.54 Å². The van der Waals surface area contributed by atoms with Gasteiger partial charge in [-0.3, -0.25) is 4.90 Å². The second-order valence-electron chi connectivity index (χ2n) is 6.69. The number of rotatable bonds is 2. The molecule has 0 amide bonds. The molecule has 0 saturated carbocycles. The molecule has 0 aliphatic carbocycles. The minimum Gasteiger partial charge on any atom is -0.367 e. The number of nitriles is 1. The number of hydrogen-bond acceptors (Lipinski definition) is 3. The summed E-state index contributed by atoms with van der Waals surface area (Å²) in [6, 6.07) is 6.62. The second-order valence-corrected chi connectivity index (χ2v) is 6.69. The average molecular weight is 276 g/mol. The molecule has 1 aromatic carbocycles. The summed E-state index contributed by atoms with van der Waals surface area (Å²) in [5.74, 6) is -0.459. The molecule has 1 heterocycles. The third kappa shape index (κ3) is 3.56. The molecule has 0 N–H and O–H groups in total. The lowest BCUT2D eigenvalue weighted by molar-refractivity contribution is -0.182. The first-order valence-electron chi connectivity index (χ1n) is 6.82. The van der Waals surface area contributed by atoms with E-state index in [0.717, 1.165) is 18.7 Å². The maximum Gasteiger partial charge on any atom is 0.140 e. The van der Waals surface area contributed by atoms with Gasteiger partial charge < -0.3 is 4.74 Å². The van der Waals surface area contributed by atoms with Gasteiger partial charge in [0, 0.05) is 19.6 Å². The zero-order chi connectivity index (χ0) is 15.0. The summed E-state index contributed by atoms with van der Waals surface area (Å²) in [5, 5.41) is 8.89. The van der Waals surface area contributed by atoms with Gasteiger partial charge in [-0.25, -0.2) is 4.39 Å². The van der Waals surface area contributed by atoms with E-state index in [-0.39, 0.29) is 16.8 Å². The molecule has 0 atom stereocenters. The molecule has 2 rings (SSSR count). The monoisotopic (exact) mass is 276 g/mol. The van der Waals surface area contributed by atoms with Crippen LogP contribution in [0.4, 0.5) is 4.39 Å². The van der Waals surface area contributed by atoms with E-state index >= 15 is 0 Å². The van der Waals surface area contributed by atoms with Crippen molar-refractivity contribution in [3.8, 4) is 6.07 Å². The van der Waals surface area contributed by atoms with Crippen molar-refractivity contribution < 1.29 is 9.13 Å². The smallest absolute Gasteiger partial charge is 0.140 e. The van der Waals surface area contributed by atoms with Crippen LogP contribution in [-0.2, 0) is 11.3 Å². The largest absolute Gasteiger partial charge is 0.367 e. The van der Waals surface area contributed by atoms with Crippen LogP contribution in [0.15, 0.2) is 18.2 Å². The quantitative estimate of drug-likeness (QED) is 0.833. The van der Waals surface area contributed by atoms with Crippen LogP contribution >= 0.6 is 0 Å². The molecule has 0 spiro atoms. The number of morpholine rings is 1. The van der Waals surface area contributed by atoms with Crippen molar-refractivity contribution in [3.63, 3.8) is 0 Å². The van der Waals surface area contributed by atoms with Crippen LogP contribution in [0, 0.1) is 17.1 Å². The molecule has 0 radical (unpaired) electrons. The molecule has 3 nitrogen and oxygen atoms in total. The molecule has 1 fully saturated rings. The predicted molar refractivity (Wildman–Crippen MR) is 75.6 cm³/mol. The summed E-state index contributed by atoms with van der Waals surface area (Å²) < 4.78 is 19.4. The van der Waals surface area contributed by atoms with Crippen molar-refractivity contribution in [3.05, 3.63) is 35.1 Å². The van der Waals surface area contributed by atoms with Gasteiger partial charge in [-0.15, -0.1) is 0 Å². The molecule has 20 heavy (non-hydrogen) atoms. The number of hydrogen-bond donors (Lipinski definition) is 0. The minimum absolute atomic E-state index is 0.106. The minimum atomic E-state index is -0.459. The number of nitrogens with zero attached hydrogens (tertiary/aromatic N) is 2. The highest BCUT2D eigenvalue weighted by atomic mass is 19.1. The van der Waals surface area contributed by atoms with Gasteiger partial charge in [0.25, 0.3) is 0 Å². The van der Waals surface area contributed by atoms with Crippen molar-refractivity contribution in [2.24, 2.45) is 0 Å². The molecule has 108 valence electrons. The maximum atomic E-state index is 13.3. The Kier molecular flexibility index (Phi) is 3.86. The lowest BCUT2D eigenvalue weighted by Gasteiger charge is -2.47. The molecule has 0 unspecified atom stereocenters. The fraction of sp³-hybridized carbons (Fsp3) is 0.562. The molecule has 0 aromatic heterocycles. The Morgan fingerprint density at radius 2 is 1.85 bits per heavy atom. The Morgan fingerprint density at radius 3 is 2.40 bits per heavy atom. The molecule has 1 aliphatic rings. The summed E-state index contributed by atoms with van der Waals surface area (Å²) in [6.07, 6.45) is 0. The van der Waals surface area contributed by atoms with E-state index in [2.05, 4.69) is 32.6 Å². The molecule has 1 aromatic rings. The van der Waals surface area contributed by atoms with Crippen molar-refractivity contribution in [2.45, 2.75) is 45.4 Å². The lowest BCUT2D eigenvalue weighted by atomic mass is 9.98. The Hall–Kier alpha value is -1.44. The van der Waals surface area contributed by atoms with Gasteiger partial charge in [0.1, 0.15) is 11.9 Å². The van der Waals surface area contributed by atoms with Crippen LogP contribution in [0.1, 0.15) is 38.8 Å². The van der Waals surface area contributed by atoms with Crippen LogP contribution in [-0.4, -0.2) is 29.2 Å². The zero-order valence-corrected chi connectivity index (χ0v) is 12.5. The highest BCUT2D eigenvalue weighted by Crippen LogP contribution is 2.29. The van der Waals surface area contributed by atoms with E-state index in [1.165, 1.54) is 6.07 Å². The molecule has 4 heteroatoms. The second kappa shape index (κ2) is 5.16. The van der Waals surface area contributed by atoms with Crippen LogP contribution in [0.5, 0.6) is 0 Å².